The predicted molar refractivity (Wildman–Crippen MR) is 105 cm³/mol. The fourth-order valence-corrected chi connectivity index (χ4v) is 4.20. The number of aromatic nitrogens is 2. The molecule has 2 aromatic rings. The third kappa shape index (κ3) is 3.95. The number of piperidine rings is 1. The maximum atomic E-state index is 12.7. The molecule has 28 heavy (non-hydrogen) atoms. The fraction of sp³-hybridized carbons (Fsp3) is 0.571. The minimum Gasteiger partial charge on any atom is -0.350 e. The van der Waals surface area contributed by atoms with Crippen LogP contribution in [0.2, 0.25) is 0 Å². The molecule has 1 aromatic carbocycles. The monoisotopic (exact) mass is 385 g/mol. The number of fused-ring (bicyclic) bond motifs is 1. The summed E-state index contributed by atoms with van der Waals surface area (Å²) in [4.78, 5) is 31.8. The number of hydrogen-bond donors (Lipinski definition) is 0. The summed E-state index contributed by atoms with van der Waals surface area (Å²) in [7, 11) is 0. The number of para-hydroxylation sites is 1. The highest BCUT2D eigenvalue weighted by Crippen LogP contribution is 2.25. The molecule has 2 saturated heterocycles. The van der Waals surface area contributed by atoms with Crippen LogP contribution in [0, 0.1) is 12.8 Å². The first kappa shape index (κ1) is 19.1. The number of amides is 1. The first-order valence-corrected chi connectivity index (χ1v) is 10.1. The van der Waals surface area contributed by atoms with Gasteiger partial charge in [0.25, 0.3) is 5.56 Å². The van der Waals surface area contributed by atoms with Crippen LogP contribution >= 0.6 is 0 Å². The molecule has 2 aliphatic heterocycles. The molecule has 0 aliphatic carbocycles. The van der Waals surface area contributed by atoms with Crippen molar-refractivity contribution in [2.24, 2.45) is 5.92 Å². The van der Waals surface area contributed by atoms with Crippen molar-refractivity contribution in [3.05, 3.63) is 40.4 Å². The minimum atomic E-state index is -0.166. The molecule has 1 amide bonds. The molecule has 2 fully saturated rings. The van der Waals surface area contributed by atoms with Crippen molar-refractivity contribution in [1.29, 1.82) is 0 Å². The first-order chi connectivity index (χ1) is 13.6. The van der Waals surface area contributed by atoms with Gasteiger partial charge in [-0.15, -0.1) is 0 Å². The van der Waals surface area contributed by atoms with Crippen molar-refractivity contribution in [3.8, 4) is 0 Å². The maximum absolute atomic E-state index is 12.7. The average molecular weight is 385 g/mol. The second-order valence-electron chi connectivity index (χ2n) is 7.59. The van der Waals surface area contributed by atoms with Gasteiger partial charge in [-0.2, -0.15) is 0 Å². The van der Waals surface area contributed by atoms with Crippen molar-refractivity contribution in [1.82, 2.24) is 14.5 Å². The van der Waals surface area contributed by atoms with E-state index in [0.717, 1.165) is 19.4 Å². The number of nitrogens with zero attached hydrogens (tertiary/aromatic N) is 3. The summed E-state index contributed by atoms with van der Waals surface area (Å²) in [6.07, 6.45) is 2.90. The molecule has 0 spiro atoms. The number of carbonyl (C=O) groups excluding carboxylic acids is 1. The number of carbonyl (C=O) groups is 1. The SMILES string of the molecule is Cc1nc2ccccc2c(=O)n1CCCC(=O)N1CCC[C@H](C2OCCO2)C1. The highest BCUT2D eigenvalue weighted by molar-refractivity contribution is 5.77. The number of benzene rings is 1. The van der Waals surface area contributed by atoms with Gasteiger partial charge in [0.05, 0.1) is 24.1 Å². The smallest absolute Gasteiger partial charge is 0.261 e. The van der Waals surface area contributed by atoms with Gasteiger partial charge in [-0.05, 0) is 38.3 Å². The Morgan fingerprint density at radius 1 is 1.25 bits per heavy atom. The van der Waals surface area contributed by atoms with E-state index in [9.17, 15) is 9.59 Å². The van der Waals surface area contributed by atoms with Gasteiger partial charge in [-0.25, -0.2) is 4.98 Å². The molecular formula is C21H27N3O4. The Morgan fingerprint density at radius 2 is 2.04 bits per heavy atom. The van der Waals surface area contributed by atoms with Crippen LogP contribution in [0.3, 0.4) is 0 Å². The predicted octanol–water partition coefficient (Wildman–Crippen LogP) is 2.10. The number of likely N-dealkylation sites (tertiary alicyclic amines) is 1. The van der Waals surface area contributed by atoms with Crippen molar-refractivity contribution < 1.29 is 14.3 Å². The summed E-state index contributed by atoms with van der Waals surface area (Å²) in [5, 5.41) is 0.620. The molecule has 7 heteroatoms. The molecule has 0 bridgehead atoms. The second kappa shape index (κ2) is 8.41. The zero-order valence-electron chi connectivity index (χ0n) is 16.3. The van der Waals surface area contributed by atoms with Crippen LogP contribution in [0.15, 0.2) is 29.1 Å². The molecule has 1 atom stereocenters. The lowest BCUT2D eigenvalue weighted by atomic mass is 9.97. The normalized spacial score (nSPS) is 20.8. The maximum Gasteiger partial charge on any atom is 0.261 e. The van der Waals surface area contributed by atoms with Crippen LogP contribution in [-0.2, 0) is 20.8 Å². The summed E-state index contributed by atoms with van der Waals surface area (Å²) in [5.41, 5.74) is 0.678. The molecule has 0 radical (unpaired) electrons. The van der Waals surface area contributed by atoms with E-state index < -0.39 is 0 Å². The van der Waals surface area contributed by atoms with E-state index in [1.54, 1.807) is 10.6 Å². The van der Waals surface area contributed by atoms with Gasteiger partial charge in [-0.1, -0.05) is 12.1 Å². The highest BCUT2D eigenvalue weighted by atomic mass is 16.7. The van der Waals surface area contributed by atoms with Crippen LogP contribution in [0.25, 0.3) is 10.9 Å². The third-order valence-electron chi connectivity index (χ3n) is 5.67. The number of aryl methyl sites for hydroxylation is 1. The van der Waals surface area contributed by atoms with Crippen molar-refractivity contribution in [3.63, 3.8) is 0 Å². The van der Waals surface area contributed by atoms with Crippen LogP contribution in [-0.4, -0.2) is 53.0 Å². The van der Waals surface area contributed by atoms with Crippen molar-refractivity contribution in [2.45, 2.75) is 45.4 Å². The molecule has 0 saturated carbocycles. The Bertz CT molecular complexity index is 904. The minimum absolute atomic E-state index is 0.0379. The van der Waals surface area contributed by atoms with E-state index in [2.05, 4.69) is 4.98 Å². The Labute approximate surface area is 164 Å². The van der Waals surface area contributed by atoms with Crippen molar-refractivity contribution >= 4 is 16.8 Å². The molecule has 4 rings (SSSR count). The van der Waals surface area contributed by atoms with Crippen LogP contribution in [0.1, 0.15) is 31.5 Å². The molecule has 1 aromatic heterocycles. The van der Waals surface area contributed by atoms with Crippen LogP contribution in [0.4, 0.5) is 0 Å². The lowest BCUT2D eigenvalue weighted by Crippen LogP contribution is -2.43. The second-order valence-corrected chi connectivity index (χ2v) is 7.59. The summed E-state index contributed by atoms with van der Waals surface area (Å²) >= 11 is 0. The molecular weight excluding hydrogens is 358 g/mol. The van der Waals surface area contributed by atoms with E-state index in [-0.39, 0.29) is 23.7 Å². The number of rotatable bonds is 5. The van der Waals surface area contributed by atoms with Crippen LogP contribution in [0.5, 0.6) is 0 Å². The van der Waals surface area contributed by atoms with Gasteiger partial charge < -0.3 is 14.4 Å². The lowest BCUT2D eigenvalue weighted by Gasteiger charge is -2.34. The fourth-order valence-electron chi connectivity index (χ4n) is 4.20. The first-order valence-electron chi connectivity index (χ1n) is 10.1. The number of hydrogen-bond acceptors (Lipinski definition) is 5. The van der Waals surface area contributed by atoms with Gasteiger partial charge in [0.2, 0.25) is 5.91 Å². The standard InChI is InChI=1S/C21H27N3O4/c1-15-22-18-8-3-2-7-17(18)20(26)24(15)11-5-9-19(25)23-10-4-6-16(14-23)21-27-12-13-28-21/h2-3,7-8,16,21H,4-6,9-14H2,1H3/t16-/m0/s1. The zero-order valence-corrected chi connectivity index (χ0v) is 16.3. The Hall–Kier alpha value is -2.25. The Morgan fingerprint density at radius 3 is 2.86 bits per heavy atom. The summed E-state index contributed by atoms with van der Waals surface area (Å²) in [6, 6.07) is 7.37. The van der Waals surface area contributed by atoms with Gasteiger partial charge in [0.1, 0.15) is 5.82 Å². The van der Waals surface area contributed by atoms with Gasteiger partial charge in [-0.3, -0.25) is 14.2 Å². The summed E-state index contributed by atoms with van der Waals surface area (Å²) < 4.78 is 12.9. The quantitative estimate of drug-likeness (QED) is 0.788. The molecule has 0 N–H and O–H groups in total. The van der Waals surface area contributed by atoms with E-state index in [4.69, 9.17) is 9.47 Å². The van der Waals surface area contributed by atoms with Crippen molar-refractivity contribution in [2.75, 3.05) is 26.3 Å². The van der Waals surface area contributed by atoms with E-state index in [0.29, 0.717) is 55.9 Å². The van der Waals surface area contributed by atoms with Crippen LogP contribution < -0.4 is 5.56 Å². The third-order valence-corrected chi connectivity index (χ3v) is 5.67. The lowest BCUT2D eigenvalue weighted by molar-refractivity contribution is -0.139. The molecule has 2 aliphatic rings. The Kier molecular flexibility index (Phi) is 5.73. The van der Waals surface area contributed by atoms with E-state index in [1.165, 1.54) is 0 Å². The largest absolute Gasteiger partial charge is 0.350 e. The summed E-state index contributed by atoms with van der Waals surface area (Å²) in [6.45, 7) is 5.11. The average Bonchev–Trinajstić information content (AvgIpc) is 3.25. The van der Waals surface area contributed by atoms with E-state index >= 15 is 0 Å². The van der Waals surface area contributed by atoms with Gasteiger partial charge >= 0.3 is 0 Å². The number of ether oxygens (including phenoxy) is 2. The van der Waals surface area contributed by atoms with Gasteiger partial charge in [0.15, 0.2) is 6.29 Å². The topological polar surface area (TPSA) is 73.7 Å². The van der Waals surface area contributed by atoms with Gasteiger partial charge in [0, 0.05) is 32.0 Å². The zero-order chi connectivity index (χ0) is 19.5. The molecule has 0 unspecified atom stereocenters. The molecule has 3 heterocycles. The summed E-state index contributed by atoms with van der Waals surface area (Å²) in [5.74, 6) is 1.08. The molecule has 7 nitrogen and oxygen atoms in total. The van der Waals surface area contributed by atoms with E-state index in [1.807, 2.05) is 30.0 Å². The molecule has 150 valence electrons. The Balaban J connectivity index is 1.35. The highest BCUT2D eigenvalue weighted by Gasteiger charge is 2.32.